The molecule has 40 heavy (non-hydrogen) atoms. The lowest BCUT2D eigenvalue weighted by molar-refractivity contribution is -0.122. The summed E-state index contributed by atoms with van der Waals surface area (Å²) in [5, 5.41) is 2.53. The molecule has 1 atom stereocenters. The fourth-order valence-electron chi connectivity index (χ4n) is 4.64. The second-order valence-corrected chi connectivity index (χ2v) is 11.2. The van der Waals surface area contributed by atoms with Crippen LogP contribution in [-0.4, -0.2) is 55.3 Å². The van der Waals surface area contributed by atoms with Gasteiger partial charge < -0.3 is 19.5 Å². The third kappa shape index (κ3) is 7.65. The zero-order valence-corrected chi connectivity index (χ0v) is 23.6. The van der Waals surface area contributed by atoms with Crippen LogP contribution in [0.25, 0.3) is 0 Å². The summed E-state index contributed by atoms with van der Waals surface area (Å²) in [5.41, 5.74) is -1.28. The molecule has 220 valence electrons. The van der Waals surface area contributed by atoms with E-state index in [2.05, 4.69) is 5.32 Å². The first-order chi connectivity index (χ1) is 18.6. The van der Waals surface area contributed by atoms with Gasteiger partial charge in [-0.15, -0.1) is 0 Å². The van der Waals surface area contributed by atoms with Crippen LogP contribution in [-0.2, 0) is 26.1 Å². The first-order valence-corrected chi connectivity index (χ1v) is 13.0. The van der Waals surface area contributed by atoms with Crippen molar-refractivity contribution in [2.75, 3.05) is 31.7 Å². The summed E-state index contributed by atoms with van der Waals surface area (Å²) >= 11 is 0. The zero-order chi connectivity index (χ0) is 29.8. The predicted molar refractivity (Wildman–Crippen MR) is 142 cm³/mol. The second kappa shape index (κ2) is 12.4. The van der Waals surface area contributed by atoms with E-state index in [1.54, 1.807) is 39.0 Å². The minimum Gasteiger partial charge on any atom is -0.494 e. The Morgan fingerprint density at radius 1 is 1.07 bits per heavy atom. The lowest BCUT2D eigenvalue weighted by Crippen LogP contribution is -2.47. The summed E-state index contributed by atoms with van der Waals surface area (Å²) in [6.45, 7) is 9.32. The molecule has 0 aromatic heterocycles. The quantitative estimate of drug-likeness (QED) is 0.355. The molecule has 0 fully saturated rings. The molecular weight excluding hydrogens is 532 g/mol. The molecule has 11 heteroatoms. The normalized spacial score (nSPS) is 15.6. The van der Waals surface area contributed by atoms with Gasteiger partial charge in [-0.1, -0.05) is 19.9 Å². The van der Waals surface area contributed by atoms with Gasteiger partial charge in [0.15, 0.2) is 0 Å². The molecule has 1 unspecified atom stereocenters. The summed E-state index contributed by atoms with van der Waals surface area (Å²) in [5.74, 6) is -2.03. The fraction of sp³-hybridized carbons (Fsp3) is 0.517. The lowest BCUT2D eigenvalue weighted by Gasteiger charge is -2.37. The molecule has 2 amide bonds. The monoisotopic (exact) mass is 568 g/mol. The van der Waals surface area contributed by atoms with Gasteiger partial charge in [-0.3, -0.25) is 9.69 Å². The van der Waals surface area contributed by atoms with Crippen molar-refractivity contribution in [1.29, 1.82) is 0 Å². The average molecular weight is 569 g/mol. The van der Waals surface area contributed by atoms with Gasteiger partial charge in [-0.05, 0) is 69.5 Å². The highest BCUT2D eigenvalue weighted by Gasteiger charge is 2.39. The standard InChI is InChI=1S/C29H36F4N2O5/c1-7-39-19-8-9-20-17(12-19)10-11-35(27(37)40-28(2,3)4)25(20)26(36)34-18-13-21(30)24(22(31)14-18)29(5,6)16-38-15-23(32)33/h8-9,12-14,23,25H,7,10-11,15-16H2,1-6H3,(H,34,36). The molecule has 0 saturated heterocycles. The number of amides is 2. The number of nitrogens with zero attached hydrogens (tertiary/aromatic N) is 1. The number of hydrogen-bond donors (Lipinski definition) is 1. The molecule has 1 heterocycles. The number of benzene rings is 2. The molecule has 2 aromatic carbocycles. The highest BCUT2D eigenvalue weighted by molar-refractivity contribution is 5.98. The van der Waals surface area contributed by atoms with E-state index in [-0.39, 0.29) is 24.4 Å². The minimum absolute atomic E-state index is 0.171. The van der Waals surface area contributed by atoms with Crippen molar-refractivity contribution in [2.24, 2.45) is 0 Å². The van der Waals surface area contributed by atoms with Gasteiger partial charge in [0, 0.05) is 23.2 Å². The Morgan fingerprint density at radius 3 is 2.30 bits per heavy atom. The molecular formula is C29H36F4N2O5. The number of hydrogen-bond acceptors (Lipinski definition) is 5. The minimum atomic E-state index is -2.71. The molecule has 0 spiro atoms. The number of ether oxygens (including phenoxy) is 3. The SMILES string of the molecule is CCOc1ccc2c(c1)CCN(C(=O)OC(C)(C)C)C2C(=O)Nc1cc(F)c(C(C)(C)COCC(F)F)c(F)c1. The van der Waals surface area contributed by atoms with Crippen molar-refractivity contribution in [2.45, 2.75) is 71.4 Å². The smallest absolute Gasteiger partial charge is 0.411 e. The van der Waals surface area contributed by atoms with Gasteiger partial charge >= 0.3 is 6.09 Å². The molecule has 7 nitrogen and oxygen atoms in total. The Hall–Kier alpha value is -3.34. The number of rotatable bonds is 9. The van der Waals surface area contributed by atoms with E-state index in [0.717, 1.165) is 17.7 Å². The van der Waals surface area contributed by atoms with E-state index in [1.807, 2.05) is 6.92 Å². The van der Waals surface area contributed by atoms with E-state index in [4.69, 9.17) is 14.2 Å². The number of carbonyl (C=O) groups is 2. The van der Waals surface area contributed by atoms with Crippen LogP contribution >= 0.6 is 0 Å². The summed E-state index contributed by atoms with van der Waals surface area (Å²) in [4.78, 5) is 28.0. The van der Waals surface area contributed by atoms with E-state index >= 15 is 8.78 Å². The van der Waals surface area contributed by atoms with Crippen LogP contribution in [0.4, 0.5) is 28.0 Å². The second-order valence-electron chi connectivity index (χ2n) is 11.2. The number of carbonyl (C=O) groups excluding carboxylic acids is 2. The molecule has 0 saturated carbocycles. The van der Waals surface area contributed by atoms with Crippen molar-refractivity contribution in [3.05, 3.63) is 58.7 Å². The Labute approximate surface area is 231 Å². The average Bonchev–Trinajstić information content (AvgIpc) is 2.81. The van der Waals surface area contributed by atoms with Crippen LogP contribution in [0.15, 0.2) is 30.3 Å². The Morgan fingerprint density at radius 2 is 1.73 bits per heavy atom. The Kier molecular flexibility index (Phi) is 9.71. The summed E-state index contributed by atoms with van der Waals surface area (Å²) in [7, 11) is 0. The number of alkyl halides is 2. The molecule has 0 bridgehead atoms. The van der Waals surface area contributed by atoms with Crippen molar-refractivity contribution >= 4 is 17.7 Å². The van der Waals surface area contributed by atoms with Gasteiger partial charge in [0.2, 0.25) is 0 Å². The van der Waals surface area contributed by atoms with E-state index in [1.165, 1.54) is 18.7 Å². The van der Waals surface area contributed by atoms with Crippen LogP contribution in [0.1, 0.15) is 64.3 Å². The summed E-state index contributed by atoms with van der Waals surface area (Å²) in [6, 6.07) is 5.94. The molecule has 1 aliphatic rings. The van der Waals surface area contributed by atoms with Crippen molar-refractivity contribution in [3.8, 4) is 5.75 Å². The highest BCUT2D eigenvalue weighted by Crippen LogP contribution is 2.36. The Balaban J connectivity index is 1.92. The van der Waals surface area contributed by atoms with Crippen LogP contribution in [0.5, 0.6) is 5.75 Å². The fourth-order valence-corrected chi connectivity index (χ4v) is 4.64. The van der Waals surface area contributed by atoms with Gasteiger partial charge in [0.05, 0.1) is 13.2 Å². The topological polar surface area (TPSA) is 77.1 Å². The number of halogens is 4. The maximum Gasteiger partial charge on any atom is 0.411 e. The first-order valence-electron chi connectivity index (χ1n) is 13.0. The Bertz CT molecular complexity index is 1210. The van der Waals surface area contributed by atoms with Gasteiger partial charge in [0.1, 0.15) is 35.6 Å². The lowest BCUT2D eigenvalue weighted by atomic mass is 9.84. The summed E-state index contributed by atoms with van der Waals surface area (Å²) in [6.07, 6.45) is -2.97. The maximum atomic E-state index is 15.1. The van der Waals surface area contributed by atoms with E-state index in [9.17, 15) is 18.4 Å². The van der Waals surface area contributed by atoms with Crippen molar-refractivity contribution < 1.29 is 41.4 Å². The number of nitrogens with one attached hydrogen (secondary N) is 1. The molecule has 1 N–H and O–H groups in total. The number of anilines is 1. The first kappa shape index (κ1) is 31.2. The van der Waals surface area contributed by atoms with Gasteiger partial charge in [0.25, 0.3) is 12.3 Å². The van der Waals surface area contributed by atoms with Crippen LogP contribution in [0.3, 0.4) is 0 Å². The van der Waals surface area contributed by atoms with Crippen molar-refractivity contribution in [3.63, 3.8) is 0 Å². The van der Waals surface area contributed by atoms with E-state index < -0.39 is 53.7 Å². The highest BCUT2D eigenvalue weighted by atomic mass is 19.3. The van der Waals surface area contributed by atoms with Crippen LogP contribution < -0.4 is 10.1 Å². The van der Waals surface area contributed by atoms with E-state index in [0.29, 0.717) is 24.3 Å². The number of fused-ring (bicyclic) bond motifs is 1. The van der Waals surface area contributed by atoms with Gasteiger partial charge in [-0.2, -0.15) is 0 Å². The molecule has 0 aliphatic carbocycles. The van der Waals surface area contributed by atoms with Crippen LogP contribution in [0.2, 0.25) is 0 Å². The maximum absolute atomic E-state index is 15.1. The largest absolute Gasteiger partial charge is 0.494 e. The zero-order valence-electron chi connectivity index (χ0n) is 23.6. The van der Waals surface area contributed by atoms with Crippen LogP contribution in [0, 0.1) is 11.6 Å². The molecule has 3 rings (SSSR count). The van der Waals surface area contributed by atoms with Crippen molar-refractivity contribution in [1.82, 2.24) is 4.90 Å². The third-order valence-electron chi connectivity index (χ3n) is 6.22. The predicted octanol–water partition coefficient (Wildman–Crippen LogP) is 6.40. The molecule has 1 aliphatic heterocycles. The van der Waals surface area contributed by atoms with Gasteiger partial charge in [-0.25, -0.2) is 22.4 Å². The molecule has 0 radical (unpaired) electrons. The molecule has 2 aromatic rings. The third-order valence-corrected chi connectivity index (χ3v) is 6.22. The summed E-state index contributed by atoms with van der Waals surface area (Å²) < 4.78 is 71.2.